The van der Waals surface area contributed by atoms with Crippen LogP contribution in [0.5, 0.6) is 0 Å². The van der Waals surface area contributed by atoms with Crippen molar-refractivity contribution >= 4 is 5.91 Å². The predicted octanol–water partition coefficient (Wildman–Crippen LogP) is 3.42. The molecule has 126 valence electrons. The third-order valence-corrected chi connectivity index (χ3v) is 5.77. The first-order valence-electron chi connectivity index (χ1n) is 9.26. The third-order valence-electron chi connectivity index (χ3n) is 5.77. The van der Waals surface area contributed by atoms with Crippen molar-refractivity contribution in [3.63, 3.8) is 0 Å². The van der Waals surface area contributed by atoms with Crippen LogP contribution in [0, 0.1) is 11.8 Å². The Kier molecular flexibility index (Phi) is 5.37. The first-order valence-corrected chi connectivity index (χ1v) is 9.26. The van der Waals surface area contributed by atoms with Crippen LogP contribution in [0.15, 0.2) is 30.3 Å². The first kappa shape index (κ1) is 16.5. The molecule has 0 aromatic heterocycles. The van der Waals surface area contributed by atoms with Crippen LogP contribution >= 0.6 is 0 Å². The zero-order valence-electron chi connectivity index (χ0n) is 14.5. The standard InChI is InChI=1S/C20H30N2O/c1-3-16-14-22(20(23)18-9-11-21-15(2)13-18)12-10-19(16)17-7-5-4-6-8-17/h4-8,15-16,18-19,21H,3,9-14H2,1-2H3/t15-,16?,18-,19?/m0/s1. The van der Waals surface area contributed by atoms with Crippen molar-refractivity contribution in [3.8, 4) is 0 Å². The number of piperidine rings is 2. The van der Waals surface area contributed by atoms with Gasteiger partial charge in [0.2, 0.25) is 5.91 Å². The van der Waals surface area contributed by atoms with Gasteiger partial charge in [0.05, 0.1) is 0 Å². The molecule has 0 bridgehead atoms. The number of benzene rings is 1. The highest BCUT2D eigenvalue weighted by molar-refractivity contribution is 5.79. The fourth-order valence-corrected chi connectivity index (χ4v) is 4.40. The summed E-state index contributed by atoms with van der Waals surface area (Å²) in [7, 11) is 0. The number of rotatable bonds is 3. The zero-order chi connectivity index (χ0) is 16.2. The van der Waals surface area contributed by atoms with Crippen LogP contribution in [-0.4, -0.2) is 36.5 Å². The number of nitrogens with zero attached hydrogens (tertiary/aromatic N) is 1. The number of hydrogen-bond acceptors (Lipinski definition) is 2. The van der Waals surface area contributed by atoms with Gasteiger partial charge in [0.1, 0.15) is 0 Å². The van der Waals surface area contributed by atoms with E-state index in [1.54, 1.807) is 0 Å². The molecular weight excluding hydrogens is 284 g/mol. The van der Waals surface area contributed by atoms with Gasteiger partial charge < -0.3 is 10.2 Å². The smallest absolute Gasteiger partial charge is 0.225 e. The van der Waals surface area contributed by atoms with Gasteiger partial charge in [0.15, 0.2) is 0 Å². The van der Waals surface area contributed by atoms with Crippen molar-refractivity contribution in [2.24, 2.45) is 11.8 Å². The molecular formula is C20H30N2O. The van der Waals surface area contributed by atoms with Crippen molar-refractivity contribution in [2.75, 3.05) is 19.6 Å². The van der Waals surface area contributed by atoms with Crippen molar-refractivity contribution in [1.29, 1.82) is 0 Å². The topological polar surface area (TPSA) is 32.3 Å². The Morgan fingerprint density at radius 1 is 1.26 bits per heavy atom. The summed E-state index contributed by atoms with van der Waals surface area (Å²) in [6, 6.07) is 11.3. The SMILES string of the molecule is CCC1CN(C(=O)[C@H]2CCN[C@@H](C)C2)CCC1c1ccccc1. The quantitative estimate of drug-likeness (QED) is 0.927. The number of likely N-dealkylation sites (tertiary alicyclic amines) is 1. The van der Waals surface area contributed by atoms with Gasteiger partial charge in [-0.3, -0.25) is 4.79 Å². The zero-order valence-corrected chi connectivity index (χ0v) is 14.5. The van der Waals surface area contributed by atoms with E-state index in [0.29, 0.717) is 23.8 Å². The van der Waals surface area contributed by atoms with Crippen molar-refractivity contribution < 1.29 is 4.79 Å². The highest BCUT2D eigenvalue weighted by Gasteiger charge is 2.35. The molecule has 3 heteroatoms. The lowest BCUT2D eigenvalue weighted by atomic mass is 9.78. The van der Waals surface area contributed by atoms with Crippen molar-refractivity contribution in [2.45, 2.75) is 51.5 Å². The molecule has 3 rings (SSSR count). The lowest BCUT2D eigenvalue weighted by Gasteiger charge is -2.41. The van der Waals surface area contributed by atoms with Crippen LogP contribution in [0.4, 0.5) is 0 Å². The molecule has 2 heterocycles. The van der Waals surface area contributed by atoms with Gasteiger partial charge in [0.25, 0.3) is 0 Å². The molecule has 2 saturated heterocycles. The fraction of sp³-hybridized carbons (Fsp3) is 0.650. The van der Waals surface area contributed by atoms with Gasteiger partial charge in [-0.25, -0.2) is 0 Å². The molecule has 0 spiro atoms. The Labute approximate surface area is 140 Å². The molecule has 0 radical (unpaired) electrons. The minimum Gasteiger partial charge on any atom is -0.342 e. The largest absolute Gasteiger partial charge is 0.342 e. The highest BCUT2D eigenvalue weighted by Crippen LogP contribution is 2.35. The summed E-state index contributed by atoms with van der Waals surface area (Å²) in [5.41, 5.74) is 1.45. The van der Waals surface area contributed by atoms with Crippen molar-refractivity contribution in [1.82, 2.24) is 10.2 Å². The first-order chi connectivity index (χ1) is 11.2. The minimum atomic E-state index is 0.233. The van der Waals surface area contributed by atoms with Gasteiger partial charge >= 0.3 is 0 Å². The molecule has 1 aromatic carbocycles. The number of carbonyl (C=O) groups is 1. The van der Waals surface area contributed by atoms with E-state index in [0.717, 1.165) is 45.3 Å². The molecule has 4 atom stereocenters. The summed E-state index contributed by atoms with van der Waals surface area (Å²) in [5, 5.41) is 3.45. The van der Waals surface area contributed by atoms with Crippen LogP contribution in [0.3, 0.4) is 0 Å². The Morgan fingerprint density at radius 3 is 2.74 bits per heavy atom. The fourth-order valence-electron chi connectivity index (χ4n) is 4.40. The summed E-state index contributed by atoms with van der Waals surface area (Å²) in [6.45, 7) is 7.30. The second-order valence-corrected chi connectivity index (χ2v) is 7.33. The summed E-state index contributed by atoms with van der Waals surface area (Å²) in [5.74, 6) is 1.84. The van der Waals surface area contributed by atoms with E-state index < -0.39 is 0 Å². The van der Waals surface area contributed by atoms with Crippen molar-refractivity contribution in [3.05, 3.63) is 35.9 Å². The maximum Gasteiger partial charge on any atom is 0.225 e. The number of hydrogen-bond donors (Lipinski definition) is 1. The second-order valence-electron chi connectivity index (χ2n) is 7.33. The average Bonchev–Trinajstić information content (AvgIpc) is 2.61. The summed E-state index contributed by atoms with van der Waals surface area (Å²) in [4.78, 5) is 15.1. The van der Waals surface area contributed by atoms with Crippen LogP contribution in [0.25, 0.3) is 0 Å². The summed E-state index contributed by atoms with van der Waals surface area (Å²) in [6.07, 6.45) is 4.24. The van der Waals surface area contributed by atoms with Gasteiger partial charge in [-0.15, -0.1) is 0 Å². The summed E-state index contributed by atoms with van der Waals surface area (Å²) < 4.78 is 0. The molecule has 1 amide bonds. The van der Waals surface area contributed by atoms with E-state index in [4.69, 9.17) is 0 Å². The van der Waals surface area contributed by atoms with Gasteiger partial charge in [-0.05, 0) is 50.1 Å². The highest BCUT2D eigenvalue weighted by atomic mass is 16.2. The monoisotopic (exact) mass is 314 g/mol. The van der Waals surface area contributed by atoms with E-state index in [9.17, 15) is 4.79 Å². The third kappa shape index (κ3) is 3.77. The molecule has 0 saturated carbocycles. The van der Waals surface area contributed by atoms with Gasteiger partial charge in [-0.1, -0.05) is 43.7 Å². The normalized spacial score (nSPS) is 31.8. The Morgan fingerprint density at radius 2 is 2.04 bits per heavy atom. The van der Waals surface area contributed by atoms with E-state index in [1.807, 2.05) is 0 Å². The molecule has 2 fully saturated rings. The molecule has 0 aliphatic carbocycles. The number of amides is 1. The van der Waals surface area contributed by atoms with Crippen LogP contribution in [0.1, 0.15) is 51.0 Å². The number of nitrogens with one attached hydrogen (secondary N) is 1. The predicted molar refractivity (Wildman–Crippen MR) is 94.3 cm³/mol. The van der Waals surface area contributed by atoms with Crippen LogP contribution in [0.2, 0.25) is 0 Å². The van der Waals surface area contributed by atoms with E-state index in [2.05, 4.69) is 54.4 Å². The molecule has 3 nitrogen and oxygen atoms in total. The molecule has 2 aliphatic rings. The van der Waals surface area contributed by atoms with Gasteiger partial charge in [-0.2, -0.15) is 0 Å². The molecule has 2 unspecified atom stereocenters. The average molecular weight is 314 g/mol. The molecule has 1 aromatic rings. The van der Waals surface area contributed by atoms with E-state index in [1.165, 1.54) is 5.56 Å². The van der Waals surface area contributed by atoms with E-state index >= 15 is 0 Å². The Balaban J connectivity index is 1.65. The summed E-state index contributed by atoms with van der Waals surface area (Å²) >= 11 is 0. The molecule has 2 aliphatic heterocycles. The van der Waals surface area contributed by atoms with E-state index in [-0.39, 0.29) is 5.92 Å². The Bertz CT molecular complexity index is 516. The maximum absolute atomic E-state index is 12.9. The second kappa shape index (κ2) is 7.48. The van der Waals surface area contributed by atoms with Gasteiger partial charge in [0, 0.05) is 25.0 Å². The Hall–Kier alpha value is -1.35. The lowest BCUT2D eigenvalue weighted by molar-refractivity contribution is -0.138. The molecule has 23 heavy (non-hydrogen) atoms. The van der Waals surface area contributed by atoms with Crippen LogP contribution < -0.4 is 5.32 Å². The molecule has 1 N–H and O–H groups in total. The lowest BCUT2D eigenvalue weighted by Crippen LogP contribution is -2.48. The minimum absolute atomic E-state index is 0.233. The van der Waals surface area contributed by atoms with Crippen LogP contribution in [-0.2, 0) is 4.79 Å². The number of carbonyl (C=O) groups excluding carboxylic acids is 1. The maximum atomic E-state index is 12.9.